The highest BCUT2D eigenvalue weighted by Crippen LogP contribution is 2.18. The number of hydrogen-bond acceptors (Lipinski definition) is 2. The molecule has 0 radical (unpaired) electrons. The molecule has 21 heavy (non-hydrogen) atoms. The highest BCUT2D eigenvalue weighted by molar-refractivity contribution is 4.68. The molecule has 1 unspecified atom stereocenters. The van der Waals surface area contributed by atoms with E-state index in [0.717, 1.165) is 6.61 Å². The van der Waals surface area contributed by atoms with Gasteiger partial charge in [-0.2, -0.15) is 0 Å². The van der Waals surface area contributed by atoms with Crippen LogP contribution in [0, 0.1) is 0 Å². The van der Waals surface area contributed by atoms with Crippen molar-refractivity contribution >= 4 is 0 Å². The van der Waals surface area contributed by atoms with Gasteiger partial charge in [-0.25, -0.2) is 0 Å². The molecule has 1 aliphatic heterocycles. The minimum absolute atomic E-state index is 0.645. The second-order valence-corrected chi connectivity index (χ2v) is 6.66. The van der Waals surface area contributed by atoms with E-state index in [9.17, 15) is 0 Å². The van der Waals surface area contributed by atoms with E-state index in [-0.39, 0.29) is 0 Å². The third-order valence-electron chi connectivity index (χ3n) is 4.80. The molecule has 0 saturated carbocycles. The Balaban J connectivity index is 1.66. The Hall–Kier alpha value is -0.0800. The Morgan fingerprint density at radius 1 is 0.714 bits per heavy atom. The SMILES string of the molecule is CCN(CC)CCCCCCCCCCCCCC1CO1. The van der Waals surface area contributed by atoms with E-state index in [4.69, 9.17) is 4.74 Å². The zero-order valence-electron chi connectivity index (χ0n) is 14.7. The highest BCUT2D eigenvalue weighted by Gasteiger charge is 2.20. The maximum atomic E-state index is 5.23. The van der Waals surface area contributed by atoms with Crippen molar-refractivity contribution in [2.24, 2.45) is 0 Å². The second-order valence-electron chi connectivity index (χ2n) is 6.66. The molecule has 2 nitrogen and oxygen atoms in total. The lowest BCUT2D eigenvalue weighted by atomic mass is 10.0. The van der Waals surface area contributed by atoms with Crippen LogP contribution in [0.2, 0.25) is 0 Å². The van der Waals surface area contributed by atoms with Crippen molar-refractivity contribution in [2.45, 2.75) is 97.0 Å². The highest BCUT2D eigenvalue weighted by atomic mass is 16.6. The number of nitrogens with zero attached hydrogens (tertiary/aromatic N) is 1. The van der Waals surface area contributed by atoms with E-state index in [1.54, 1.807) is 0 Å². The Bertz CT molecular complexity index is 212. The van der Waals surface area contributed by atoms with Gasteiger partial charge in [-0.15, -0.1) is 0 Å². The minimum Gasteiger partial charge on any atom is -0.373 e. The van der Waals surface area contributed by atoms with E-state index in [2.05, 4.69) is 18.7 Å². The summed E-state index contributed by atoms with van der Waals surface area (Å²) < 4.78 is 5.23. The monoisotopic (exact) mass is 297 g/mol. The van der Waals surface area contributed by atoms with Gasteiger partial charge in [-0.3, -0.25) is 0 Å². The molecule has 0 amide bonds. The molecular weight excluding hydrogens is 258 g/mol. The van der Waals surface area contributed by atoms with Crippen LogP contribution in [0.5, 0.6) is 0 Å². The molecule has 1 rings (SSSR count). The Morgan fingerprint density at radius 3 is 1.57 bits per heavy atom. The molecule has 2 heteroatoms. The van der Waals surface area contributed by atoms with Crippen LogP contribution in [-0.4, -0.2) is 37.2 Å². The number of ether oxygens (including phenoxy) is 1. The van der Waals surface area contributed by atoms with Crippen LogP contribution in [-0.2, 0) is 4.74 Å². The average molecular weight is 298 g/mol. The first kappa shape index (κ1) is 19.0. The molecule has 0 N–H and O–H groups in total. The summed E-state index contributed by atoms with van der Waals surface area (Å²) in [5.74, 6) is 0. The molecule has 1 aliphatic rings. The van der Waals surface area contributed by atoms with E-state index < -0.39 is 0 Å². The van der Waals surface area contributed by atoms with Gasteiger partial charge in [0.25, 0.3) is 0 Å². The van der Waals surface area contributed by atoms with Crippen molar-refractivity contribution in [1.29, 1.82) is 0 Å². The molecular formula is C19H39NO. The molecule has 1 heterocycles. The molecule has 0 bridgehead atoms. The topological polar surface area (TPSA) is 15.8 Å². The molecule has 0 aromatic heterocycles. The van der Waals surface area contributed by atoms with Gasteiger partial charge in [-0.1, -0.05) is 78.1 Å². The first-order valence-electron chi connectivity index (χ1n) is 9.70. The number of rotatable bonds is 16. The molecule has 126 valence electrons. The van der Waals surface area contributed by atoms with Crippen molar-refractivity contribution in [3.05, 3.63) is 0 Å². The summed E-state index contributed by atoms with van der Waals surface area (Å²) in [6.07, 6.45) is 17.8. The van der Waals surface area contributed by atoms with Crippen molar-refractivity contribution in [3.8, 4) is 0 Å². The molecule has 0 spiro atoms. The van der Waals surface area contributed by atoms with Gasteiger partial charge < -0.3 is 9.64 Å². The van der Waals surface area contributed by atoms with Gasteiger partial charge in [0.1, 0.15) is 0 Å². The summed E-state index contributed by atoms with van der Waals surface area (Å²) >= 11 is 0. The van der Waals surface area contributed by atoms with Crippen molar-refractivity contribution < 1.29 is 4.74 Å². The van der Waals surface area contributed by atoms with Crippen LogP contribution in [0.4, 0.5) is 0 Å². The van der Waals surface area contributed by atoms with Crippen LogP contribution in [0.3, 0.4) is 0 Å². The van der Waals surface area contributed by atoms with Crippen LogP contribution < -0.4 is 0 Å². The quantitative estimate of drug-likeness (QED) is 0.280. The van der Waals surface area contributed by atoms with Crippen LogP contribution in [0.15, 0.2) is 0 Å². The summed E-state index contributed by atoms with van der Waals surface area (Å²) in [7, 11) is 0. The lowest BCUT2D eigenvalue weighted by Gasteiger charge is -2.17. The van der Waals surface area contributed by atoms with Gasteiger partial charge in [0.05, 0.1) is 12.7 Å². The maximum Gasteiger partial charge on any atom is 0.0810 e. The Kier molecular flexibility index (Phi) is 12.3. The average Bonchev–Trinajstić information content (AvgIpc) is 3.32. The van der Waals surface area contributed by atoms with Gasteiger partial charge in [0, 0.05) is 0 Å². The predicted molar refractivity (Wildman–Crippen MR) is 92.9 cm³/mol. The van der Waals surface area contributed by atoms with E-state index in [1.165, 1.54) is 96.7 Å². The predicted octanol–water partition coefficient (Wildman–Crippen LogP) is 5.41. The summed E-state index contributed by atoms with van der Waals surface area (Å²) in [5.41, 5.74) is 0. The van der Waals surface area contributed by atoms with E-state index in [0.29, 0.717) is 6.10 Å². The van der Waals surface area contributed by atoms with E-state index in [1.807, 2.05) is 0 Å². The summed E-state index contributed by atoms with van der Waals surface area (Å²) in [6, 6.07) is 0. The fourth-order valence-corrected chi connectivity index (χ4v) is 3.07. The van der Waals surface area contributed by atoms with Crippen molar-refractivity contribution in [3.63, 3.8) is 0 Å². The lowest BCUT2D eigenvalue weighted by Crippen LogP contribution is -2.23. The third-order valence-corrected chi connectivity index (χ3v) is 4.80. The van der Waals surface area contributed by atoms with Crippen LogP contribution in [0.1, 0.15) is 90.9 Å². The largest absolute Gasteiger partial charge is 0.373 e. The third kappa shape index (κ3) is 12.2. The van der Waals surface area contributed by atoms with Crippen LogP contribution >= 0.6 is 0 Å². The van der Waals surface area contributed by atoms with Gasteiger partial charge >= 0.3 is 0 Å². The zero-order valence-corrected chi connectivity index (χ0v) is 14.7. The smallest absolute Gasteiger partial charge is 0.0810 e. The van der Waals surface area contributed by atoms with Crippen molar-refractivity contribution in [2.75, 3.05) is 26.2 Å². The normalized spacial score (nSPS) is 17.6. The molecule has 1 saturated heterocycles. The first-order chi connectivity index (χ1) is 10.4. The van der Waals surface area contributed by atoms with E-state index >= 15 is 0 Å². The molecule has 0 aromatic rings. The summed E-state index contributed by atoms with van der Waals surface area (Å²) in [5, 5.41) is 0. The first-order valence-corrected chi connectivity index (χ1v) is 9.70. The molecule has 0 aromatic carbocycles. The Morgan fingerprint density at radius 2 is 1.14 bits per heavy atom. The maximum absolute atomic E-state index is 5.23. The standard InChI is InChI=1S/C19H39NO/c1-3-20(4-2)17-15-13-11-9-7-5-6-8-10-12-14-16-19-18-21-19/h19H,3-18H2,1-2H3. The second kappa shape index (κ2) is 13.6. The van der Waals surface area contributed by atoms with Gasteiger partial charge in [0.2, 0.25) is 0 Å². The summed E-state index contributed by atoms with van der Waals surface area (Å²) in [6.45, 7) is 9.30. The van der Waals surface area contributed by atoms with Crippen molar-refractivity contribution in [1.82, 2.24) is 4.90 Å². The Labute approximate surface area is 133 Å². The number of hydrogen-bond donors (Lipinski definition) is 0. The minimum atomic E-state index is 0.645. The number of epoxide rings is 1. The van der Waals surface area contributed by atoms with Gasteiger partial charge in [-0.05, 0) is 32.5 Å². The fraction of sp³-hybridized carbons (Fsp3) is 1.00. The molecule has 1 fully saturated rings. The number of unbranched alkanes of at least 4 members (excludes halogenated alkanes) is 10. The lowest BCUT2D eigenvalue weighted by molar-refractivity contribution is 0.295. The van der Waals surface area contributed by atoms with Crippen LogP contribution in [0.25, 0.3) is 0 Å². The molecule has 1 atom stereocenters. The fourth-order valence-electron chi connectivity index (χ4n) is 3.07. The molecule has 0 aliphatic carbocycles. The van der Waals surface area contributed by atoms with Gasteiger partial charge in [0.15, 0.2) is 0 Å². The summed E-state index contributed by atoms with van der Waals surface area (Å²) in [4.78, 5) is 2.54. The zero-order chi connectivity index (χ0) is 15.2.